The minimum Gasteiger partial charge on any atom is -0.335 e. The van der Waals surface area contributed by atoms with Gasteiger partial charge in [0.05, 0.1) is 16.6 Å². The molecule has 3 aromatic heterocycles. The Morgan fingerprint density at radius 1 is 1.46 bits per heavy atom. The molecule has 0 saturated carbocycles. The van der Waals surface area contributed by atoms with E-state index in [1.165, 1.54) is 0 Å². The maximum atomic E-state index is 12.8. The molecule has 0 aliphatic carbocycles. The first-order valence-corrected chi connectivity index (χ1v) is 8.98. The van der Waals surface area contributed by atoms with Gasteiger partial charge in [0.15, 0.2) is 5.69 Å². The monoisotopic (exact) mass is 341 g/mol. The van der Waals surface area contributed by atoms with Crippen molar-refractivity contribution in [2.24, 2.45) is 0 Å². The van der Waals surface area contributed by atoms with Crippen molar-refractivity contribution in [3.05, 3.63) is 47.5 Å². The van der Waals surface area contributed by atoms with Crippen molar-refractivity contribution in [2.45, 2.75) is 25.8 Å². The summed E-state index contributed by atoms with van der Waals surface area (Å²) in [6.07, 6.45) is 5.88. The molecule has 1 unspecified atom stereocenters. The first-order chi connectivity index (χ1) is 11.7. The normalized spacial score (nSPS) is 18.0. The first-order valence-electron chi connectivity index (χ1n) is 8.10. The number of aromatic amines is 1. The lowest BCUT2D eigenvalue weighted by atomic mass is 10.0. The third-order valence-corrected chi connectivity index (χ3v) is 5.43. The number of thiophene rings is 1. The van der Waals surface area contributed by atoms with Crippen molar-refractivity contribution >= 4 is 17.2 Å². The van der Waals surface area contributed by atoms with Crippen molar-refractivity contribution in [3.63, 3.8) is 0 Å². The third kappa shape index (κ3) is 2.75. The van der Waals surface area contributed by atoms with E-state index in [9.17, 15) is 4.79 Å². The largest absolute Gasteiger partial charge is 0.335 e. The van der Waals surface area contributed by atoms with Crippen LogP contribution in [0, 0.1) is 6.92 Å². The van der Waals surface area contributed by atoms with Gasteiger partial charge >= 0.3 is 0 Å². The van der Waals surface area contributed by atoms with Crippen LogP contribution in [0.3, 0.4) is 0 Å². The first kappa shape index (κ1) is 15.1. The van der Waals surface area contributed by atoms with Crippen LogP contribution in [0.2, 0.25) is 0 Å². The number of nitrogens with one attached hydrogen (secondary N) is 1. The van der Waals surface area contributed by atoms with E-state index in [4.69, 9.17) is 0 Å². The summed E-state index contributed by atoms with van der Waals surface area (Å²) in [7, 11) is 0. The van der Waals surface area contributed by atoms with E-state index in [1.54, 1.807) is 11.3 Å². The quantitative estimate of drug-likeness (QED) is 0.796. The number of imidazole rings is 1. The number of H-pyrrole nitrogens is 1. The Morgan fingerprint density at radius 2 is 2.38 bits per heavy atom. The van der Waals surface area contributed by atoms with Gasteiger partial charge in [0.2, 0.25) is 0 Å². The minimum absolute atomic E-state index is 0.00322. The van der Waals surface area contributed by atoms with Gasteiger partial charge < -0.3 is 9.47 Å². The second-order valence-corrected chi connectivity index (χ2v) is 7.02. The molecular weight excluding hydrogens is 322 g/mol. The Bertz CT molecular complexity index is 835. The highest BCUT2D eigenvalue weighted by Crippen LogP contribution is 2.26. The fourth-order valence-electron chi connectivity index (χ4n) is 3.29. The molecule has 0 bridgehead atoms. The number of carbonyl (C=O) groups excluding carboxylic acids is 1. The van der Waals surface area contributed by atoms with Crippen LogP contribution in [0.1, 0.15) is 35.2 Å². The summed E-state index contributed by atoms with van der Waals surface area (Å²) in [6.45, 7) is 3.49. The van der Waals surface area contributed by atoms with Gasteiger partial charge in [-0.25, -0.2) is 4.98 Å². The van der Waals surface area contributed by atoms with Gasteiger partial charge in [-0.15, -0.1) is 11.3 Å². The summed E-state index contributed by atoms with van der Waals surface area (Å²) in [5.74, 6) is 0.991. The minimum atomic E-state index is -0.00322. The molecule has 7 heteroatoms. The molecule has 0 aromatic carbocycles. The maximum Gasteiger partial charge on any atom is 0.274 e. The lowest BCUT2D eigenvalue weighted by molar-refractivity contribution is 0.0672. The van der Waals surface area contributed by atoms with Gasteiger partial charge in [-0.05, 0) is 37.3 Å². The Labute approximate surface area is 144 Å². The van der Waals surface area contributed by atoms with Crippen LogP contribution < -0.4 is 0 Å². The summed E-state index contributed by atoms with van der Waals surface area (Å²) in [5, 5.41) is 9.21. The van der Waals surface area contributed by atoms with Crippen LogP contribution >= 0.6 is 11.3 Å². The third-order valence-electron chi connectivity index (χ3n) is 4.52. The predicted octanol–water partition coefficient (Wildman–Crippen LogP) is 3.12. The second-order valence-electron chi connectivity index (χ2n) is 6.07. The molecular formula is C17H19N5OS. The number of nitrogens with zero attached hydrogens (tertiary/aromatic N) is 4. The number of amides is 1. The number of hydrogen-bond donors (Lipinski definition) is 1. The Kier molecular flexibility index (Phi) is 3.93. The molecule has 124 valence electrons. The van der Waals surface area contributed by atoms with Crippen LogP contribution in [0.5, 0.6) is 0 Å². The Morgan fingerprint density at radius 3 is 3.12 bits per heavy atom. The zero-order valence-electron chi connectivity index (χ0n) is 13.5. The van der Waals surface area contributed by atoms with E-state index >= 15 is 0 Å². The number of hydrogen-bond acceptors (Lipinski definition) is 4. The van der Waals surface area contributed by atoms with E-state index in [1.807, 2.05) is 47.8 Å². The molecule has 1 aliphatic rings. The smallest absolute Gasteiger partial charge is 0.274 e. The number of aromatic nitrogens is 4. The summed E-state index contributed by atoms with van der Waals surface area (Å²) in [4.78, 5) is 20.1. The molecule has 24 heavy (non-hydrogen) atoms. The lowest BCUT2D eigenvalue weighted by Crippen LogP contribution is -2.41. The highest BCUT2D eigenvalue weighted by molar-refractivity contribution is 7.13. The second kappa shape index (κ2) is 6.24. The van der Waals surface area contributed by atoms with Crippen LogP contribution in [-0.2, 0) is 0 Å². The molecule has 0 spiro atoms. The molecule has 1 atom stereocenters. The number of likely N-dealkylation sites (tertiary alicyclic amines) is 1. The van der Waals surface area contributed by atoms with E-state index in [-0.39, 0.29) is 5.91 Å². The van der Waals surface area contributed by atoms with Crippen molar-refractivity contribution in [1.29, 1.82) is 0 Å². The molecule has 1 saturated heterocycles. The molecule has 1 amide bonds. The van der Waals surface area contributed by atoms with Crippen LogP contribution in [0.4, 0.5) is 0 Å². The van der Waals surface area contributed by atoms with Crippen LogP contribution in [0.25, 0.3) is 10.6 Å². The highest BCUT2D eigenvalue weighted by atomic mass is 32.1. The molecule has 1 fully saturated rings. The average Bonchev–Trinajstić information content (AvgIpc) is 3.35. The van der Waals surface area contributed by atoms with E-state index in [0.29, 0.717) is 18.3 Å². The van der Waals surface area contributed by atoms with E-state index in [2.05, 4.69) is 19.7 Å². The van der Waals surface area contributed by atoms with Crippen molar-refractivity contribution in [3.8, 4) is 10.6 Å². The summed E-state index contributed by atoms with van der Waals surface area (Å²) < 4.78 is 2.17. The van der Waals surface area contributed by atoms with Gasteiger partial charge in [0.1, 0.15) is 5.82 Å². The van der Waals surface area contributed by atoms with E-state index < -0.39 is 0 Å². The molecule has 1 aliphatic heterocycles. The van der Waals surface area contributed by atoms with Crippen molar-refractivity contribution < 1.29 is 4.79 Å². The summed E-state index contributed by atoms with van der Waals surface area (Å²) in [6, 6.07) is 6.15. The van der Waals surface area contributed by atoms with E-state index in [0.717, 1.165) is 35.8 Å². The summed E-state index contributed by atoms with van der Waals surface area (Å²) in [5.41, 5.74) is 1.38. The Balaban J connectivity index is 1.51. The molecule has 0 radical (unpaired) electrons. The van der Waals surface area contributed by atoms with Gasteiger partial charge in [0, 0.05) is 25.5 Å². The number of carbonyl (C=O) groups is 1. The van der Waals surface area contributed by atoms with Crippen molar-refractivity contribution in [2.75, 3.05) is 13.1 Å². The fraction of sp³-hybridized carbons (Fsp3) is 0.353. The highest BCUT2D eigenvalue weighted by Gasteiger charge is 2.27. The zero-order chi connectivity index (χ0) is 16.5. The average molecular weight is 341 g/mol. The number of rotatable bonds is 3. The van der Waals surface area contributed by atoms with Gasteiger partial charge in [-0.1, -0.05) is 6.07 Å². The predicted molar refractivity (Wildman–Crippen MR) is 93.0 cm³/mol. The number of piperidine rings is 1. The SMILES string of the molecule is Cc1nccn1C1CCCN(C(=O)c2cc(-c3cccs3)[nH]n2)C1. The molecule has 3 aromatic rings. The van der Waals surface area contributed by atoms with Crippen LogP contribution in [0.15, 0.2) is 36.0 Å². The lowest BCUT2D eigenvalue weighted by Gasteiger charge is -2.33. The van der Waals surface area contributed by atoms with Crippen LogP contribution in [-0.4, -0.2) is 43.6 Å². The fourth-order valence-corrected chi connectivity index (χ4v) is 3.98. The molecule has 4 heterocycles. The van der Waals surface area contributed by atoms with Gasteiger partial charge in [-0.3, -0.25) is 9.89 Å². The van der Waals surface area contributed by atoms with Gasteiger partial charge in [0.25, 0.3) is 5.91 Å². The molecule has 4 rings (SSSR count). The Hall–Kier alpha value is -2.41. The standard InChI is InChI=1S/C17H19N5OS/c1-12-18-6-8-22(12)13-4-2-7-21(11-13)17(23)15-10-14(19-20-15)16-5-3-9-24-16/h3,5-6,8-10,13H,2,4,7,11H2,1H3,(H,19,20). The number of aryl methyl sites for hydroxylation is 1. The molecule has 6 nitrogen and oxygen atoms in total. The van der Waals surface area contributed by atoms with Crippen molar-refractivity contribution in [1.82, 2.24) is 24.6 Å². The maximum absolute atomic E-state index is 12.8. The molecule has 1 N–H and O–H groups in total. The van der Waals surface area contributed by atoms with Gasteiger partial charge in [-0.2, -0.15) is 5.10 Å². The zero-order valence-corrected chi connectivity index (χ0v) is 14.3. The topological polar surface area (TPSA) is 66.8 Å². The summed E-state index contributed by atoms with van der Waals surface area (Å²) >= 11 is 1.63.